The predicted molar refractivity (Wildman–Crippen MR) is 72.5 cm³/mol. The van der Waals surface area contributed by atoms with Crippen LogP contribution in [0.3, 0.4) is 0 Å². The molecule has 0 fully saturated rings. The van der Waals surface area contributed by atoms with Crippen LogP contribution in [0, 0.1) is 41.5 Å². The quantitative estimate of drug-likeness (QED) is 0.715. The Morgan fingerprint density at radius 2 is 0.722 bits per heavy atom. The van der Waals surface area contributed by atoms with E-state index in [2.05, 4.69) is 19.9 Å². The van der Waals surface area contributed by atoms with Crippen LogP contribution >= 0.6 is 0 Å². The molecule has 4 nitrogen and oxygen atoms in total. The van der Waals surface area contributed by atoms with Crippen molar-refractivity contribution >= 4 is 0 Å². The van der Waals surface area contributed by atoms with E-state index in [1.54, 1.807) is 0 Å². The first-order valence-corrected chi connectivity index (χ1v) is 5.94. The predicted octanol–water partition coefficient (Wildman–Crippen LogP) is 2.80. The van der Waals surface area contributed by atoms with E-state index in [9.17, 15) is 0 Å². The highest BCUT2D eigenvalue weighted by atomic mass is 14.9. The second-order valence-electron chi connectivity index (χ2n) is 4.40. The number of hydrogen-bond acceptors (Lipinski definition) is 4. The average Bonchev–Trinajstić information content (AvgIpc) is 2.12. The fourth-order valence-electron chi connectivity index (χ4n) is 1.80. The van der Waals surface area contributed by atoms with E-state index in [0.717, 1.165) is 34.4 Å². The molecule has 0 N–H and O–H groups in total. The van der Waals surface area contributed by atoms with E-state index in [1.807, 2.05) is 53.7 Å². The number of hydrogen-bond donors (Lipinski definition) is 0. The van der Waals surface area contributed by atoms with Crippen LogP contribution in [0.1, 0.15) is 34.4 Å². The molecule has 18 heavy (non-hydrogen) atoms. The van der Waals surface area contributed by atoms with Crippen LogP contribution in [0.2, 0.25) is 0 Å². The summed E-state index contributed by atoms with van der Waals surface area (Å²) in [5, 5.41) is 0. The zero-order valence-electron chi connectivity index (χ0n) is 11.9. The summed E-state index contributed by atoms with van der Waals surface area (Å²) in [4.78, 5) is 16.5. The van der Waals surface area contributed by atoms with Gasteiger partial charge in [-0.2, -0.15) is 0 Å². The normalized spacial score (nSPS) is 9.67. The second kappa shape index (κ2) is 6.19. The van der Waals surface area contributed by atoms with Gasteiger partial charge in [-0.05, 0) is 53.7 Å². The lowest BCUT2D eigenvalue weighted by Crippen LogP contribution is -1.91. The van der Waals surface area contributed by atoms with Gasteiger partial charge in [-0.15, -0.1) is 0 Å². The lowest BCUT2D eigenvalue weighted by atomic mass is 10.3. The van der Waals surface area contributed by atoms with Crippen molar-refractivity contribution in [3.05, 3.63) is 46.6 Å². The first kappa shape index (κ1) is 14.2. The van der Waals surface area contributed by atoms with E-state index in [4.69, 9.17) is 0 Å². The van der Waals surface area contributed by atoms with Crippen molar-refractivity contribution < 1.29 is 0 Å². The van der Waals surface area contributed by atoms with Crippen LogP contribution in [0.15, 0.2) is 12.1 Å². The van der Waals surface area contributed by atoms with Gasteiger partial charge in [-0.3, -0.25) is 0 Å². The molecule has 0 bridgehead atoms. The molecule has 0 unspecified atom stereocenters. The van der Waals surface area contributed by atoms with Gasteiger partial charge in [0.1, 0.15) is 11.6 Å². The molecule has 0 aliphatic carbocycles. The maximum atomic E-state index is 4.12. The zero-order chi connectivity index (χ0) is 13.7. The zero-order valence-corrected chi connectivity index (χ0v) is 11.9. The molecule has 2 rings (SSSR count). The number of aromatic nitrogens is 4. The van der Waals surface area contributed by atoms with Gasteiger partial charge < -0.3 is 0 Å². The Kier molecular flexibility index (Phi) is 4.89. The number of nitrogens with zero attached hydrogens (tertiary/aromatic N) is 4. The molecule has 0 aromatic carbocycles. The fraction of sp³-hybridized carbons (Fsp3) is 0.429. The molecule has 0 spiro atoms. The minimum absolute atomic E-state index is 0.854. The Labute approximate surface area is 109 Å². The summed E-state index contributed by atoms with van der Waals surface area (Å²) in [6, 6.07) is 3.93. The van der Waals surface area contributed by atoms with Crippen molar-refractivity contribution in [1.82, 2.24) is 19.9 Å². The Morgan fingerprint density at radius 1 is 0.500 bits per heavy atom. The molecule has 2 heterocycles. The van der Waals surface area contributed by atoms with Crippen LogP contribution in [0.25, 0.3) is 0 Å². The molecular formula is C14H20N4. The van der Waals surface area contributed by atoms with Crippen LogP contribution in [0.5, 0.6) is 0 Å². The van der Waals surface area contributed by atoms with Crippen LogP contribution in [-0.4, -0.2) is 19.9 Å². The van der Waals surface area contributed by atoms with E-state index < -0.39 is 0 Å². The van der Waals surface area contributed by atoms with Gasteiger partial charge in [0.2, 0.25) is 0 Å². The van der Waals surface area contributed by atoms with Crippen molar-refractivity contribution in [1.29, 1.82) is 0 Å². The SMILES string of the molecule is Cc1cc(C)nc(C)n1.Cc1cc(C)nc(C)n1. The molecule has 0 saturated carbocycles. The summed E-state index contributed by atoms with van der Waals surface area (Å²) < 4.78 is 0. The Bertz CT molecular complexity index is 385. The smallest absolute Gasteiger partial charge is 0.125 e. The molecule has 0 aliphatic heterocycles. The highest BCUT2D eigenvalue weighted by molar-refractivity contribution is 5.07. The van der Waals surface area contributed by atoms with Gasteiger partial charge in [0, 0.05) is 22.8 Å². The Balaban J connectivity index is 0.000000180. The molecule has 0 radical (unpaired) electrons. The van der Waals surface area contributed by atoms with Gasteiger partial charge in [0.15, 0.2) is 0 Å². The van der Waals surface area contributed by atoms with Crippen LogP contribution in [-0.2, 0) is 0 Å². The molecule has 0 saturated heterocycles. The number of rotatable bonds is 0. The monoisotopic (exact) mass is 244 g/mol. The molecule has 96 valence electrons. The summed E-state index contributed by atoms with van der Waals surface area (Å²) in [5.41, 5.74) is 4.17. The largest absolute Gasteiger partial charge is 0.239 e. The van der Waals surface area contributed by atoms with E-state index in [1.165, 1.54) is 0 Å². The third kappa shape index (κ3) is 4.99. The first-order chi connectivity index (χ1) is 8.36. The van der Waals surface area contributed by atoms with Crippen molar-refractivity contribution in [2.75, 3.05) is 0 Å². The maximum absolute atomic E-state index is 4.12. The van der Waals surface area contributed by atoms with Crippen molar-refractivity contribution in [3.63, 3.8) is 0 Å². The lowest BCUT2D eigenvalue weighted by molar-refractivity contribution is 0.975. The summed E-state index contributed by atoms with van der Waals surface area (Å²) >= 11 is 0. The van der Waals surface area contributed by atoms with Gasteiger partial charge in [-0.25, -0.2) is 19.9 Å². The fourth-order valence-corrected chi connectivity index (χ4v) is 1.80. The van der Waals surface area contributed by atoms with Crippen LogP contribution in [0.4, 0.5) is 0 Å². The van der Waals surface area contributed by atoms with Gasteiger partial charge >= 0.3 is 0 Å². The van der Waals surface area contributed by atoms with Crippen molar-refractivity contribution in [2.24, 2.45) is 0 Å². The van der Waals surface area contributed by atoms with E-state index in [0.29, 0.717) is 0 Å². The van der Waals surface area contributed by atoms with Gasteiger partial charge in [0.25, 0.3) is 0 Å². The molecule has 0 atom stereocenters. The van der Waals surface area contributed by atoms with E-state index in [-0.39, 0.29) is 0 Å². The molecule has 2 aromatic heterocycles. The third-order valence-electron chi connectivity index (χ3n) is 2.19. The standard InChI is InChI=1S/2C7H10N2/c2*1-5-4-6(2)9-7(3)8-5/h2*4H,1-3H3. The minimum atomic E-state index is 0.854. The summed E-state index contributed by atoms with van der Waals surface area (Å²) in [7, 11) is 0. The van der Waals surface area contributed by atoms with Crippen LogP contribution < -0.4 is 0 Å². The summed E-state index contributed by atoms with van der Waals surface area (Å²) in [5.74, 6) is 1.71. The summed E-state index contributed by atoms with van der Waals surface area (Å²) in [6.07, 6.45) is 0. The first-order valence-electron chi connectivity index (χ1n) is 5.94. The highest BCUT2D eigenvalue weighted by Gasteiger charge is 1.91. The lowest BCUT2D eigenvalue weighted by Gasteiger charge is -1.95. The minimum Gasteiger partial charge on any atom is -0.239 e. The maximum Gasteiger partial charge on any atom is 0.125 e. The topological polar surface area (TPSA) is 51.6 Å². The highest BCUT2D eigenvalue weighted by Crippen LogP contribution is 1.97. The summed E-state index contributed by atoms with van der Waals surface area (Å²) in [6.45, 7) is 11.7. The van der Waals surface area contributed by atoms with Crippen molar-refractivity contribution in [3.8, 4) is 0 Å². The molecular weight excluding hydrogens is 224 g/mol. The second-order valence-corrected chi connectivity index (χ2v) is 4.40. The van der Waals surface area contributed by atoms with E-state index >= 15 is 0 Å². The number of aryl methyl sites for hydroxylation is 6. The third-order valence-corrected chi connectivity index (χ3v) is 2.19. The van der Waals surface area contributed by atoms with Gasteiger partial charge in [0.05, 0.1) is 0 Å². The molecule has 2 aromatic rings. The molecule has 0 amide bonds. The molecule has 0 aliphatic rings. The molecule has 4 heteroatoms. The average molecular weight is 244 g/mol. The van der Waals surface area contributed by atoms with Crippen molar-refractivity contribution in [2.45, 2.75) is 41.5 Å². The Hall–Kier alpha value is -1.84. The Morgan fingerprint density at radius 3 is 0.889 bits per heavy atom. The van der Waals surface area contributed by atoms with Gasteiger partial charge in [-0.1, -0.05) is 0 Å².